The quantitative estimate of drug-likeness (QED) is 0.841. The average molecular weight is 289 g/mol. The predicted octanol–water partition coefficient (Wildman–Crippen LogP) is 1.98. The lowest BCUT2D eigenvalue weighted by Gasteiger charge is -2.40. The molecule has 1 fully saturated rings. The van der Waals surface area contributed by atoms with Crippen molar-refractivity contribution in [2.75, 3.05) is 13.1 Å². The van der Waals surface area contributed by atoms with Crippen LogP contribution in [0.2, 0.25) is 0 Å². The molecule has 4 nitrogen and oxygen atoms in total. The van der Waals surface area contributed by atoms with E-state index in [1.807, 2.05) is 30.3 Å². The summed E-state index contributed by atoms with van der Waals surface area (Å²) in [7, 11) is 0. The maximum absolute atomic E-state index is 12.0. The smallest absolute Gasteiger partial charge is 0.243 e. The number of amides is 1. The topological polar surface area (TPSA) is 72.3 Å². The fourth-order valence-corrected chi connectivity index (χ4v) is 3.30. The highest BCUT2D eigenvalue weighted by Crippen LogP contribution is 2.26. The number of carbonyl (C=O) groups excluding carboxylic acids is 1. The van der Waals surface area contributed by atoms with Gasteiger partial charge >= 0.3 is 0 Å². The first-order chi connectivity index (χ1) is 10.1. The second-order valence-corrected chi connectivity index (χ2v) is 6.11. The summed E-state index contributed by atoms with van der Waals surface area (Å²) in [5, 5.41) is 0. The molecule has 1 aromatic rings. The van der Waals surface area contributed by atoms with Gasteiger partial charge in [-0.15, -0.1) is 0 Å². The Bertz CT molecular complexity index is 460. The Hall–Kier alpha value is -1.39. The van der Waals surface area contributed by atoms with Gasteiger partial charge in [-0.25, -0.2) is 0 Å². The summed E-state index contributed by atoms with van der Waals surface area (Å²) >= 11 is 0. The van der Waals surface area contributed by atoms with E-state index in [2.05, 4.69) is 11.8 Å². The van der Waals surface area contributed by atoms with Crippen LogP contribution in [0.4, 0.5) is 0 Å². The van der Waals surface area contributed by atoms with E-state index in [-0.39, 0.29) is 0 Å². The van der Waals surface area contributed by atoms with Gasteiger partial charge in [-0.3, -0.25) is 9.69 Å². The van der Waals surface area contributed by atoms with Crippen LogP contribution in [0.1, 0.15) is 44.6 Å². The van der Waals surface area contributed by atoms with Crippen LogP contribution in [0, 0.1) is 0 Å². The van der Waals surface area contributed by atoms with Gasteiger partial charge in [-0.2, -0.15) is 0 Å². The normalized spacial score (nSPS) is 22.7. The molecule has 4 N–H and O–H groups in total. The van der Waals surface area contributed by atoms with Crippen molar-refractivity contribution in [3.8, 4) is 0 Å². The highest BCUT2D eigenvalue weighted by molar-refractivity contribution is 5.86. The van der Waals surface area contributed by atoms with Crippen molar-refractivity contribution in [3.05, 3.63) is 35.9 Å². The van der Waals surface area contributed by atoms with E-state index in [0.29, 0.717) is 12.6 Å². The van der Waals surface area contributed by atoms with Crippen LogP contribution >= 0.6 is 0 Å². The standard InChI is InChI=1S/C17H27N3O/c1-2-8-15-11-6-7-12-20(15)13-17(19,16(18)21)14-9-4-3-5-10-14/h3-5,9-10,15H,2,6-8,11-13,19H2,1H3,(H2,18,21). The lowest BCUT2D eigenvalue weighted by Crippen LogP contribution is -2.58. The van der Waals surface area contributed by atoms with Crippen molar-refractivity contribution in [1.29, 1.82) is 0 Å². The number of hydrogen-bond acceptors (Lipinski definition) is 3. The second-order valence-electron chi connectivity index (χ2n) is 6.11. The molecule has 0 aromatic heterocycles. The number of rotatable bonds is 6. The molecule has 2 unspecified atom stereocenters. The third kappa shape index (κ3) is 3.63. The van der Waals surface area contributed by atoms with E-state index >= 15 is 0 Å². The number of nitrogens with two attached hydrogens (primary N) is 2. The number of primary amides is 1. The fraction of sp³-hybridized carbons (Fsp3) is 0.588. The Kier molecular flexibility index (Phi) is 5.37. The lowest BCUT2D eigenvalue weighted by molar-refractivity contribution is -0.124. The van der Waals surface area contributed by atoms with Gasteiger partial charge in [0.15, 0.2) is 0 Å². The van der Waals surface area contributed by atoms with Crippen molar-refractivity contribution >= 4 is 5.91 Å². The van der Waals surface area contributed by atoms with Gasteiger partial charge in [-0.1, -0.05) is 50.1 Å². The third-order valence-corrected chi connectivity index (χ3v) is 4.55. The Morgan fingerprint density at radius 2 is 2.05 bits per heavy atom. The third-order valence-electron chi connectivity index (χ3n) is 4.55. The number of benzene rings is 1. The molecule has 0 radical (unpaired) electrons. The fourth-order valence-electron chi connectivity index (χ4n) is 3.30. The van der Waals surface area contributed by atoms with Crippen LogP contribution < -0.4 is 11.5 Å². The Morgan fingerprint density at radius 3 is 2.67 bits per heavy atom. The molecule has 1 aromatic carbocycles. The number of carbonyl (C=O) groups is 1. The summed E-state index contributed by atoms with van der Waals surface area (Å²) in [6.45, 7) is 3.72. The van der Waals surface area contributed by atoms with Crippen LogP contribution in [-0.2, 0) is 10.3 Å². The summed E-state index contributed by atoms with van der Waals surface area (Å²) < 4.78 is 0. The monoisotopic (exact) mass is 289 g/mol. The van der Waals surface area contributed by atoms with Crippen LogP contribution in [0.3, 0.4) is 0 Å². The van der Waals surface area contributed by atoms with Crippen molar-refractivity contribution in [2.45, 2.75) is 50.6 Å². The van der Waals surface area contributed by atoms with E-state index in [1.165, 1.54) is 19.3 Å². The van der Waals surface area contributed by atoms with Gasteiger partial charge in [-0.05, 0) is 31.4 Å². The Morgan fingerprint density at radius 1 is 1.33 bits per heavy atom. The summed E-state index contributed by atoms with van der Waals surface area (Å²) in [6, 6.07) is 10.0. The zero-order valence-corrected chi connectivity index (χ0v) is 12.9. The van der Waals surface area contributed by atoms with Crippen molar-refractivity contribution in [2.24, 2.45) is 11.5 Å². The lowest BCUT2D eigenvalue weighted by atomic mass is 9.87. The van der Waals surface area contributed by atoms with E-state index in [4.69, 9.17) is 11.5 Å². The average Bonchev–Trinajstić information content (AvgIpc) is 2.50. The SMILES string of the molecule is CCCC1CCCCN1CC(N)(C(N)=O)c1ccccc1. The van der Waals surface area contributed by atoms with Gasteiger partial charge in [0, 0.05) is 12.6 Å². The molecule has 0 bridgehead atoms. The molecule has 0 saturated carbocycles. The molecule has 0 spiro atoms. The van der Waals surface area contributed by atoms with E-state index in [9.17, 15) is 4.79 Å². The van der Waals surface area contributed by atoms with Crippen LogP contribution in [0.5, 0.6) is 0 Å². The summed E-state index contributed by atoms with van der Waals surface area (Å²) in [6.07, 6.45) is 5.94. The number of nitrogens with zero attached hydrogens (tertiary/aromatic N) is 1. The second kappa shape index (κ2) is 7.05. The Balaban J connectivity index is 2.21. The first-order valence-corrected chi connectivity index (χ1v) is 7.96. The summed E-state index contributed by atoms with van der Waals surface area (Å²) in [5.41, 5.74) is 11.8. The molecular weight excluding hydrogens is 262 g/mol. The molecule has 4 heteroatoms. The molecule has 1 amide bonds. The van der Waals surface area contributed by atoms with Gasteiger partial charge < -0.3 is 11.5 Å². The maximum atomic E-state index is 12.0. The molecule has 21 heavy (non-hydrogen) atoms. The molecule has 1 aliphatic rings. The number of piperidine rings is 1. The van der Waals surface area contributed by atoms with Gasteiger partial charge in [0.1, 0.15) is 5.54 Å². The predicted molar refractivity (Wildman–Crippen MR) is 85.6 cm³/mol. The highest BCUT2D eigenvalue weighted by atomic mass is 16.1. The van der Waals surface area contributed by atoms with Gasteiger partial charge in [0.2, 0.25) is 5.91 Å². The minimum Gasteiger partial charge on any atom is -0.368 e. The van der Waals surface area contributed by atoms with Gasteiger partial charge in [0.25, 0.3) is 0 Å². The number of likely N-dealkylation sites (tertiary alicyclic amines) is 1. The molecule has 116 valence electrons. The van der Waals surface area contributed by atoms with Crippen molar-refractivity contribution in [3.63, 3.8) is 0 Å². The highest BCUT2D eigenvalue weighted by Gasteiger charge is 2.38. The number of hydrogen-bond donors (Lipinski definition) is 2. The van der Waals surface area contributed by atoms with Gasteiger partial charge in [0.05, 0.1) is 0 Å². The molecule has 1 heterocycles. The zero-order chi connectivity index (χ0) is 15.3. The summed E-state index contributed by atoms with van der Waals surface area (Å²) in [5.74, 6) is -0.450. The molecule has 2 atom stereocenters. The first kappa shape index (κ1) is 16.0. The van der Waals surface area contributed by atoms with E-state index < -0.39 is 11.4 Å². The summed E-state index contributed by atoms with van der Waals surface area (Å²) in [4.78, 5) is 14.4. The minimum absolute atomic E-state index is 0.450. The minimum atomic E-state index is -1.11. The van der Waals surface area contributed by atoms with Crippen molar-refractivity contribution in [1.82, 2.24) is 4.90 Å². The molecule has 1 saturated heterocycles. The van der Waals surface area contributed by atoms with Crippen LogP contribution in [0.15, 0.2) is 30.3 Å². The zero-order valence-electron chi connectivity index (χ0n) is 12.9. The largest absolute Gasteiger partial charge is 0.368 e. The molecule has 0 aliphatic carbocycles. The van der Waals surface area contributed by atoms with Crippen molar-refractivity contribution < 1.29 is 4.79 Å². The van der Waals surface area contributed by atoms with Crippen LogP contribution in [0.25, 0.3) is 0 Å². The van der Waals surface area contributed by atoms with Crippen LogP contribution in [-0.4, -0.2) is 29.9 Å². The molecule has 2 rings (SSSR count). The maximum Gasteiger partial charge on any atom is 0.243 e. The van der Waals surface area contributed by atoms with E-state index in [1.54, 1.807) is 0 Å². The first-order valence-electron chi connectivity index (χ1n) is 7.96. The van der Waals surface area contributed by atoms with E-state index in [0.717, 1.165) is 24.9 Å². The Labute approximate surface area is 127 Å². The molecule has 1 aliphatic heterocycles. The molecular formula is C17H27N3O.